The summed E-state index contributed by atoms with van der Waals surface area (Å²) in [5, 5.41) is 3.04. The second-order valence-corrected chi connectivity index (χ2v) is 6.97. The molecule has 4 heteroatoms. The van der Waals surface area contributed by atoms with Crippen molar-refractivity contribution in [2.45, 2.75) is 39.3 Å². The molecular formula is C21H22N2O2. The molecule has 0 atom stereocenters. The minimum Gasteiger partial charge on any atom is -0.349 e. The van der Waals surface area contributed by atoms with Gasteiger partial charge in [0.15, 0.2) is 0 Å². The minimum atomic E-state index is -0.00255. The molecule has 2 aliphatic rings. The number of fused-ring (bicyclic) bond motifs is 1. The van der Waals surface area contributed by atoms with E-state index in [1.54, 1.807) is 0 Å². The number of hydrogen-bond acceptors (Lipinski definition) is 2. The lowest BCUT2D eigenvalue weighted by Gasteiger charge is -2.11. The molecule has 4 rings (SSSR count). The number of carbonyl (C=O) groups is 2. The summed E-state index contributed by atoms with van der Waals surface area (Å²) in [5.74, 6) is 0.107. The fourth-order valence-corrected chi connectivity index (χ4v) is 3.37. The first kappa shape index (κ1) is 15.9. The molecule has 1 aliphatic heterocycles. The van der Waals surface area contributed by atoms with E-state index in [0.717, 1.165) is 47.2 Å². The molecule has 0 radical (unpaired) electrons. The van der Waals surface area contributed by atoms with E-state index < -0.39 is 0 Å². The molecular weight excluding hydrogens is 312 g/mol. The predicted molar refractivity (Wildman–Crippen MR) is 97.5 cm³/mol. The summed E-state index contributed by atoms with van der Waals surface area (Å²) < 4.78 is 0. The number of aryl methyl sites for hydroxylation is 1. The number of nitrogens with zero attached hydrogens (tertiary/aromatic N) is 1. The molecule has 2 aromatic carbocycles. The molecule has 0 saturated heterocycles. The van der Waals surface area contributed by atoms with E-state index in [-0.39, 0.29) is 11.8 Å². The van der Waals surface area contributed by atoms with Crippen LogP contribution in [0.2, 0.25) is 0 Å². The van der Waals surface area contributed by atoms with Crippen LogP contribution in [0.1, 0.15) is 51.6 Å². The van der Waals surface area contributed by atoms with Crippen LogP contribution < -0.4 is 5.32 Å². The van der Waals surface area contributed by atoms with Crippen molar-refractivity contribution in [2.24, 2.45) is 0 Å². The molecule has 128 valence electrons. The topological polar surface area (TPSA) is 49.4 Å². The molecule has 0 bridgehead atoms. The summed E-state index contributed by atoms with van der Waals surface area (Å²) in [4.78, 5) is 26.5. The third kappa shape index (κ3) is 2.93. The molecule has 2 amide bonds. The van der Waals surface area contributed by atoms with Crippen LogP contribution in [0.25, 0.3) is 11.1 Å². The number of benzene rings is 2. The highest BCUT2D eigenvalue weighted by Gasteiger charge is 2.27. The summed E-state index contributed by atoms with van der Waals surface area (Å²) in [5.41, 5.74) is 5.79. The second kappa shape index (κ2) is 6.03. The van der Waals surface area contributed by atoms with Crippen molar-refractivity contribution >= 4 is 11.8 Å². The molecule has 0 unspecified atom stereocenters. The maximum absolute atomic E-state index is 12.3. The van der Waals surface area contributed by atoms with E-state index in [9.17, 15) is 9.59 Å². The zero-order chi connectivity index (χ0) is 17.6. The quantitative estimate of drug-likeness (QED) is 0.930. The standard InChI is InChI=1S/C21H22N2O2/c1-3-23-12-16-10-14(6-9-18(16)21(23)25)19-11-15(5-4-13(19)2)20(24)22-17-7-8-17/h4-6,9-11,17H,3,7-8,12H2,1-2H3,(H,22,24). The number of amides is 2. The van der Waals surface area contributed by atoms with E-state index in [2.05, 4.69) is 18.3 Å². The number of carbonyl (C=O) groups excluding carboxylic acids is 2. The van der Waals surface area contributed by atoms with Gasteiger partial charge in [0.05, 0.1) is 0 Å². The highest BCUT2D eigenvalue weighted by molar-refractivity contribution is 5.99. The largest absolute Gasteiger partial charge is 0.349 e. The van der Waals surface area contributed by atoms with Gasteiger partial charge < -0.3 is 10.2 Å². The Labute approximate surface area is 147 Å². The van der Waals surface area contributed by atoms with Crippen LogP contribution in [-0.2, 0) is 6.54 Å². The summed E-state index contributed by atoms with van der Waals surface area (Å²) in [7, 11) is 0. The van der Waals surface area contributed by atoms with Gasteiger partial charge in [-0.3, -0.25) is 9.59 Å². The third-order valence-electron chi connectivity index (χ3n) is 5.09. The first-order valence-electron chi connectivity index (χ1n) is 8.91. The van der Waals surface area contributed by atoms with Crippen molar-refractivity contribution < 1.29 is 9.59 Å². The summed E-state index contributed by atoms with van der Waals surface area (Å²) in [6.07, 6.45) is 2.16. The van der Waals surface area contributed by atoms with Crippen LogP contribution in [-0.4, -0.2) is 29.3 Å². The molecule has 1 N–H and O–H groups in total. The van der Waals surface area contributed by atoms with Gasteiger partial charge in [-0.05, 0) is 73.2 Å². The van der Waals surface area contributed by atoms with Gasteiger partial charge in [0.1, 0.15) is 0 Å². The van der Waals surface area contributed by atoms with E-state index in [0.29, 0.717) is 18.2 Å². The fraction of sp³-hybridized carbons (Fsp3) is 0.333. The molecule has 0 aromatic heterocycles. The fourth-order valence-electron chi connectivity index (χ4n) is 3.37. The Kier molecular flexibility index (Phi) is 3.83. The third-order valence-corrected chi connectivity index (χ3v) is 5.09. The molecule has 1 heterocycles. The van der Waals surface area contributed by atoms with E-state index >= 15 is 0 Å². The van der Waals surface area contributed by atoms with Crippen LogP contribution in [0.15, 0.2) is 36.4 Å². The molecule has 4 nitrogen and oxygen atoms in total. The Morgan fingerprint density at radius 2 is 1.96 bits per heavy atom. The second-order valence-electron chi connectivity index (χ2n) is 6.97. The number of rotatable bonds is 4. The van der Waals surface area contributed by atoms with Gasteiger partial charge >= 0.3 is 0 Å². The summed E-state index contributed by atoms with van der Waals surface area (Å²) in [6, 6.07) is 12.2. The Bertz CT molecular complexity index is 868. The highest BCUT2D eigenvalue weighted by Crippen LogP contribution is 2.31. The Hall–Kier alpha value is -2.62. The average Bonchev–Trinajstić information content (AvgIpc) is 3.37. The normalized spacial score (nSPS) is 16.1. The molecule has 2 aromatic rings. The lowest BCUT2D eigenvalue weighted by atomic mass is 9.95. The van der Waals surface area contributed by atoms with Gasteiger partial charge in [0.2, 0.25) is 0 Å². The lowest BCUT2D eigenvalue weighted by Crippen LogP contribution is -2.25. The number of hydrogen-bond donors (Lipinski definition) is 1. The van der Waals surface area contributed by atoms with Crippen molar-refractivity contribution in [3.05, 3.63) is 58.7 Å². The maximum atomic E-state index is 12.3. The molecule has 1 saturated carbocycles. The van der Waals surface area contributed by atoms with Gasteiger partial charge in [0.25, 0.3) is 11.8 Å². The van der Waals surface area contributed by atoms with E-state index in [1.165, 1.54) is 0 Å². The first-order chi connectivity index (χ1) is 12.1. The van der Waals surface area contributed by atoms with Crippen LogP contribution in [0.4, 0.5) is 0 Å². The Balaban J connectivity index is 1.68. The van der Waals surface area contributed by atoms with Crippen molar-refractivity contribution in [1.29, 1.82) is 0 Å². The van der Waals surface area contributed by atoms with Crippen LogP contribution in [0, 0.1) is 6.92 Å². The van der Waals surface area contributed by atoms with Crippen LogP contribution in [0.3, 0.4) is 0 Å². The zero-order valence-electron chi connectivity index (χ0n) is 14.6. The van der Waals surface area contributed by atoms with E-state index in [4.69, 9.17) is 0 Å². The summed E-state index contributed by atoms with van der Waals surface area (Å²) in [6.45, 7) is 5.43. The highest BCUT2D eigenvalue weighted by atomic mass is 16.2. The molecule has 25 heavy (non-hydrogen) atoms. The molecule has 1 fully saturated rings. The van der Waals surface area contributed by atoms with Crippen molar-refractivity contribution in [2.75, 3.05) is 6.54 Å². The van der Waals surface area contributed by atoms with Gasteiger partial charge in [0, 0.05) is 30.3 Å². The Morgan fingerprint density at radius 3 is 2.68 bits per heavy atom. The predicted octanol–water partition coefficient (Wildman–Crippen LogP) is 3.53. The lowest BCUT2D eigenvalue weighted by molar-refractivity contribution is 0.0787. The SMILES string of the molecule is CCN1Cc2cc(-c3cc(C(=O)NC4CC4)ccc3C)ccc2C1=O. The minimum absolute atomic E-state index is 0.00255. The van der Waals surface area contributed by atoms with Gasteiger partial charge in [-0.25, -0.2) is 0 Å². The molecule has 1 aliphatic carbocycles. The zero-order valence-corrected chi connectivity index (χ0v) is 14.6. The van der Waals surface area contributed by atoms with Crippen molar-refractivity contribution in [1.82, 2.24) is 10.2 Å². The molecule has 0 spiro atoms. The first-order valence-corrected chi connectivity index (χ1v) is 8.91. The maximum Gasteiger partial charge on any atom is 0.254 e. The average molecular weight is 334 g/mol. The van der Waals surface area contributed by atoms with Gasteiger partial charge in [-0.1, -0.05) is 12.1 Å². The van der Waals surface area contributed by atoms with E-state index in [1.807, 2.05) is 42.2 Å². The smallest absolute Gasteiger partial charge is 0.254 e. The van der Waals surface area contributed by atoms with Gasteiger partial charge in [-0.2, -0.15) is 0 Å². The van der Waals surface area contributed by atoms with Crippen LogP contribution >= 0.6 is 0 Å². The van der Waals surface area contributed by atoms with Crippen molar-refractivity contribution in [3.8, 4) is 11.1 Å². The summed E-state index contributed by atoms with van der Waals surface area (Å²) >= 11 is 0. The number of nitrogens with one attached hydrogen (secondary N) is 1. The van der Waals surface area contributed by atoms with Crippen LogP contribution in [0.5, 0.6) is 0 Å². The monoisotopic (exact) mass is 334 g/mol. The van der Waals surface area contributed by atoms with Gasteiger partial charge in [-0.15, -0.1) is 0 Å². The van der Waals surface area contributed by atoms with Crippen molar-refractivity contribution in [3.63, 3.8) is 0 Å². The Morgan fingerprint density at radius 1 is 1.16 bits per heavy atom.